The Balaban J connectivity index is 1.51. The Morgan fingerprint density at radius 2 is 1.81 bits per heavy atom. The van der Waals surface area contributed by atoms with Crippen molar-refractivity contribution >= 4 is 11.8 Å². The van der Waals surface area contributed by atoms with Gasteiger partial charge in [0.25, 0.3) is 5.91 Å². The Kier molecular flexibility index (Phi) is 5.97. The second-order valence-electron chi connectivity index (χ2n) is 6.03. The lowest BCUT2D eigenvalue weighted by Crippen LogP contribution is -2.50. The minimum atomic E-state index is -0.852. The zero-order chi connectivity index (χ0) is 19.2. The zero-order valence-corrected chi connectivity index (χ0v) is 15.4. The summed E-state index contributed by atoms with van der Waals surface area (Å²) >= 11 is 0. The summed E-state index contributed by atoms with van der Waals surface area (Å²) in [6, 6.07) is 10.4. The molecule has 0 aliphatic carbocycles. The molecule has 8 heteroatoms. The van der Waals surface area contributed by atoms with Crippen LogP contribution in [0.25, 0.3) is 0 Å². The fourth-order valence-corrected chi connectivity index (χ4v) is 2.66. The first-order chi connectivity index (χ1) is 13.1. The van der Waals surface area contributed by atoms with Crippen molar-refractivity contribution in [3.8, 4) is 11.5 Å². The van der Waals surface area contributed by atoms with Crippen molar-refractivity contribution in [3.63, 3.8) is 0 Å². The van der Waals surface area contributed by atoms with E-state index in [1.165, 1.54) is 0 Å². The van der Waals surface area contributed by atoms with Crippen LogP contribution < -0.4 is 20.3 Å². The van der Waals surface area contributed by atoms with Gasteiger partial charge in [-0.2, -0.15) is 0 Å². The lowest BCUT2D eigenvalue weighted by Gasteiger charge is -2.25. The predicted octanol–water partition coefficient (Wildman–Crippen LogP) is 1.72. The van der Waals surface area contributed by atoms with Gasteiger partial charge >= 0.3 is 5.91 Å². The molecule has 1 aliphatic rings. The van der Waals surface area contributed by atoms with Gasteiger partial charge in [-0.15, -0.1) is 0 Å². The largest absolute Gasteiger partial charge is 0.485 e. The summed E-state index contributed by atoms with van der Waals surface area (Å²) in [6.45, 7) is 6.59. The Morgan fingerprint density at radius 1 is 1.07 bits per heavy atom. The molecule has 2 N–H and O–H groups in total. The number of rotatable bonds is 6. The number of fused-ring (bicyclic) bond motifs is 1. The molecule has 1 unspecified atom stereocenters. The fourth-order valence-electron chi connectivity index (χ4n) is 2.66. The quantitative estimate of drug-likeness (QED) is 0.749. The number of hydrazine groups is 1. The summed E-state index contributed by atoms with van der Waals surface area (Å²) in [7, 11) is 0. The molecule has 2 heterocycles. The Hall–Kier alpha value is -3.00. The average Bonchev–Trinajstić information content (AvgIpc) is 3.18. The molecule has 0 radical (unpaired) electrons. The van der Waals surface area contributed by atoms with Crippen LogP contribution in [0.2, 0.25) is 0 Å². The van der Waals surface area contributed by atoms with Crippen LogP contribution in [0, 0.1) is 0 Å². The summed E-state index contributed by atoms with van der Waals surface area (Å²) in [5.74, 6) is 0.850. The van der Waals surface area contributed by atoms with Crippen molar-refractivity contribution < 1.29 is 23.5 Å². The number of benzene rings is 1. The monoisotopic (exact) mass is 373 g/mol. The highest BCUT2D eigenvalue weighted by molar-refractivity contribution is 5.93. The van der Waals surface area contributed by atoms with Crippen LogP contribution in [-0.2, 0) is 11.3 Å². The van der Waals surface area contributed by atoms with E-state index in [1.807, 2.05) is 6.07 Å². The molecule has 0 bridgehead atoms. The zero-order valence-electron chi connectivity index (χ0n) is 15.4. The molecule has 0 saturated heterocycles. The van der Waals surface area contributed by atoms with Gasteiger partial charge in [-0.1, -0.05) is 26.0 Å². The van der Waals surface area contributed by atoms with Crippen LogP contribution in [0.5, 0.6) is 11.5 Å². The summed E-state index contributed by atoms with van der Waals surface area (Å²) in [5, 5.41) is 0. The van der Waals surface area contributed by atoms with E-state index in [4.69, 9.17) is 13.9 Å². The first kappa shape index (κ1) is 18.8. The molecule has 1 aromatic carbocycles. The predicted molar refractivity (Wildman–Crippen MR) is 97.3 cm³/mol. The lowest BCUT2D eigenvalue weighted by atomic mass is 10.2. The molecule has 8 nitrogen and oxygen atoms in total. The van der Waals surface area contributed by atoms with Gasteiger partial charge in [0.2, 0.25) is 6.10 Å². The fraction of sp³-hybridized carbons (Fsp3) is 0.368. The van der Waals surface area contributed by atoms with E-state index in [-0.39, 0.29) is 12.4 Å². The van der Waals surface area contributed by atoms with E-state index in [9.17, 15) is 9.59 Å². The molecule has 1 aliphatic heterocycles. The minimum Gasteiger partial charge on any atom is -0.485 e. The number of para-hydroxylation sites is 2. The van der Waals surface area contributed by atoms with Gasteiger partial charge in [0.15, 0.2) is 17.3 Å². The Morgan fingerprint density at radius 3 is 2.56 bits per heavy atom. The number of carbonyl (C=O) groups excluding carboxylic acids is 2. The van der Waals surface area contributed by atoms with E-state index in [0.29, 0.717) is 23.8 Å². The van der Waals surface area contributed by atoms with Gasteiger partial charge in [-0.25, -0.2) is 0 Å². The number of hydrogen-bond donors (Lipinski definition) is 2. The summed E-state index contributed by atoms with van der Waals surface area (Å²) < 4.78 is 16.6. The van der Waals surface area contributed by atoms with E-state index in [0.717, 1.165) is 13.1 Å². The van der Waals surface area contributed by atoms with Crippen molar-refractivity contribution in [3.05, 3.63) is 47.9 Å². The number of amides is 2. The summed E-state index contributed by atoms with van der Waals surface area (Å²) in [4.78, 5) is 26.5. The molecular formula is C19H23N3O5. The van der Waals surface area contributed by atoms with E-state index < -0.39 is 17.9 Å². The molecule has 144 valence electrons. The number of nitrogens with zero attached hydrogens (tertiary/aromatic N) is 1. The van der Waals surface area contributed by atoms with Gasteiger partial charge in [-0.3, -0.25) is 25.3 Å². The van der Waals surface area contributed by atoms with Gasteiger partial charge in [0.1, 0.15) is 12.4 Å². The number of carbonyl (C=O) groups is 2. The number of ether oxygens (including phenoxy) is 2. The van der Waals surface area contributed by atoms with Crippen molar-refractivity contribution in [2.45, 2.75) is 26.5 Å². The minimum absolute atomic E-state index is 0.0630. The van der Waals surface area contributed by atoms with Gasteiger partial charge in [-0.05, 0) is 37.4 Å². The third kappa shape index (κ3) is 4.59. The molecule has 0 saturated carbocycles. The average molecular weight is 373 g/mol. The van der Waals surface area contributed by atoms with Crippen LogP contribution in [0.4, 0.5) is 0 Å². The van der Waals surface area contributed by atoms with Crippen LogP contribution in [0.3, 0.4) is 0 Å². The second-order valence-corrected chi connectivity index (χ2v) is 6.03. The van der Waals surface area contributed by atoms with Crippen LogP contribution in [0.15, 0.2) is 40.8 Å². The molecule has 0 fully saturated rings. The topological polar surface area (TPSA) is 93.0 Å². The maximum Gasteiger partial charge on any atom is 0.305 e. The van der Waals surface area contributed by atoms with Crippen molar-refractivity contribution in [2.24, 2.45) is 0 Å². The Labute approximate surface area is 157 Å². The van der Waals surface area contributed by atoms with Crippen molar-refractivity contribution in [2.75, 3.05) is 19.7 Å². The highest BCUT2D eigenvalue weighted by atomic mass is 16.6. The van der Waals surface area contributed by atoms with E-state index in [1.54, 1.807) is 30.3 Å². The number of furan rings is 1. The smallest absolute Gasteiger partial charge is 0.305 e. The lowest BCUT2D eigenvalue weighted by molar-refractivity contribution is -0.131. The molecule has 27 heavy (non-hydrogen) atoms. The third-order valence-electron chi connectivity index (χ3n) is 4.26. The van der Waals surface area contributed by atoms with E-state index >= 15 is 0 Å². The molecule has 2 aromatic rings. The molecule has 0 spiro atoms. The first-order valence-corrected chi connectivity index (χ1v) is 8.90. The first-order valence-electron chi connectivity index (χ1n) is 8.90. The molecule has 1 aromatic heterocycles. The summed E-state index contributed by atoms with van der Waals surface area (Å²) in [6.07, 6.45) is -0.852. The van der Waals surface area contributed by atoms with Crippen LogP contribution in [-0.4, -0.2) is 42.5 Å². The van der Waals surface area contributed by atoms with Crippen molar-refractivity contribution in [1.29, 1.82) is 0 Å². The SMILES string of the molecule is CCN(CC)Cc1ccc(C(=O)NNC(=O)C2COc3ccccc3O2)o1. The van der Waals surface area contributed by atoms with Gasteiger partial charge in [0.05, 0.1) is 6.54 Å². The highest BCUT2D eigenvalue weighted by Crippen LogP contribution is 2.30. The maximum absolute atomic E-state index is 12.2. The Bertz CT molecular complexity index is 800. The molecule has 3 rings (SSSR count). The summed E-state index contributed by atoms with van der Waals surface area (Å²) in [5.41, 5.74) is 4.67. The molecular weight excluding hydrogens is 350 g/mol. The standard InChI is InChI=1S/C19H23N3O5/c1-3-22(4-2)11-13-9-10-16(26-13)18(23)20-21-19(24)17-12-25-14-7-5-6-8-15(14)27-17/h5-10,17H,3-4,11-12H2,1-2H3,(H,20,23)(H,21,24). The van der Waals surface area contributed by atoms with E-state index in [2.05, 4.69) is 29.6 Å². The maximum atomic E-state index is 12.2. The second kappa shape index (κ2) is 8.59. The third-order valence-corrected chi connectivity index (χ3v) is 4.26. The molecule has 2 amide bonds. The van der Waals surface area contributed by atoms with Crippen LogP contribution in [0.1, 0.15) is 30.2 Å². The normalized spacial score (nSPS) is 15.4. The van der Waals surface area contributed by atoms with Gasteiger partial charge < -0.3 is 13.9 Å². The number of nitrogens with one attached hydrogen (secondary N) is 2. The molecule has 1 atom stereocenters. The van der Waals surface area contributed by atoms with Gasteiger partial charge in [0, 0.05) is 0 Å². The highest BCUT2D eigenvalue weighted by Gasteiger charge is 2.27. The number of hydrogen-bond acceptors (Lipinski definition) is 6. The van der Waals surface area contributed by atoms with Crippen molar-refractivity contribution in [1.82, 2.24) is 15.8 Å². The van der Waals surface area contributed by atoms with Crippen LogP contribution >= 0.6 is 0 Å².